The van der Waals surface area contributed by atoms with Crippen LogP contribution in [0.1, 0.15) is 16.7 Å². The summed E-state index contributed by atoms with van der Waals surface area (Å²) < 4.78 is 0. The molecule has 126 valence electrons. The first-order chi connectivity index (χ1) is 12.7. The smallest absolute Gasteiger partial charge is 0.201 e. The number of nitrogens with zero attached hydrogens (tertiary/aromatic N) is 5. The summed E-state index contributed by atoms with van der Waals surface area (Å²) in [7, 11) is 0. The molecule has 6 nitrogen and oxygen atoms in total. The fourth-order valence-corrected chi connectivity index (χ4v) is 2.10. The van der Waals surface area contributed by atoms with Crippen molar-refractivity contribution >= 4 is 17.3 Å². The van der Waals surface area contributed by atoms with Crippen molar-refractivity contribution in [2.24, 2.45) is 15.3 Å². The Labute approximate surface area is 151 Å². The summed E-state index contributed by atoms with van der Waals surface area (Å²) in [6.45, 7) is 2.02. The van der Waals surface area contributed by atoms with Crippen LogP contribution in [-0.2, 0) is 0 Å². The minimum Gasteiger partial charge on any atom is -0.276 e. The van der Waals surface area contributed by atoms with Gasteiger partial charge >= 0.3 is 0 Å². The molecule has 0 aliphatic rings. The molecule has 6 heteroatoms. The van der Waals surface area contributed by atoms with Gasteiger partial charge in [-0.25, -0.2) is 4.98 Å². The van der Waals surface area contributed by atoms with Crippen molar-refractivity contribution in [3.8, 4) is 6.07 Å². The molecule has 0 unspecified atom stereocenters. The fraction of sp³-hybridized carbons (Fsp3) is 0.0500. The van der Waals surface area contributed by atoms with Crippen molar-refractivity contribution in [2.45, 2.75) is 6.92 Å². The molecule has 0 spiro atoms. The van der Waals surface area contributed by atoms with E-state index in [1.165, 1.54) is 5.56 Å². The lowest BCUT2D eigenvalue weighted by atomic mass is 10.1. The highest BCUT2D eigenvalue weighted by molar-refractivity contribution is 5.99. The van der Waals surface area contributed by atoms with Crippen LogP contribution in [0.15, 0.2) is 88.3 Å². The van der Waals surface area contributed by atoms with Gasteiger partial charge in [0.15, 0.2) is 5.82 Å². The summed E-state index contributed by atoms with van der Waals surface area (Å²) in [6, 6.07) is 22.4. The number of anilines is 1. The third kappa shape index (κ3) is 4.58. The van der Waals surface area contributed by atoms with Crippen LogP contribution in [0.25, 0.3) is 0 Å². The van der Waals surface area contributed by atoms with Gasteiger partial charge in [0.2, 0.25) is 5.84 Å². The summed E-state index contributed by atoms with van der Waals surface area (Å²) in [5.41, 5.74) is 6.30. The molecule has 0 aliphatic heterocycles. The Hall–Kier alpha value is -3.85. The molecule has 2 aromatic carbocycles. The quantitative estimate of drug-likeness (QED) is 0.320. The van der Waals surface area contributed by atoms with Crippen molar-refractivity contribution in [3.63, 3.8) is 0 Å². The molecule has 0 radical (unpaired) electrons. The molecule has 0 bridgehead atoms. The van der Waals surface area contributed by atoms with Gasteiger partial charge in [0, 0.05) is 11.8 Å². The van der Waals surface area contributed by atoms with E-state index in [-0.39, 0.29) is 0 Å². The number of nitrogens with one attached hydrogen (secondary N) is 1. The molecule has 0 amide bonds. The third-order valence-corrected chi connectivity index (χ3v) is 3.51. The number of rotatable bonds is 4. The lowest BCUT2D eigenvalue weighted by Crippen LogP contribution is -2.01. The molecule has 0 saturated heterocycles. The van der Waals surface area contributed by atoms with E-state index < -0.39 is 0 Å². The Morgan fingerprint density at radius 1 is 1.00 bits per heavy atom. The van der Waals surface area contributed by atoms with Crippen molar-refractivity contribution in [1.82, 2.24) is 4.98 Å². The van der Waals surface area contributed by atoms with Gasteiger partial charge in [0.25, 0.3) is 0 Å². The number of benzene rings is 2. The van der Waals surface area contributed by atoms with E-state index in [2.05, 4.69) is 31.8 Å². The lowest BCUT2D eigenvalue weighted by Gasteiger charge is -2.04. The van der Waals surface area contributed by atoms with Crippen LogP contribution in [0.4, 0.5) is 11.5 Å². The molecule has 0 fully saturated rings. The number of nitriles is 1. The third-order valence-electron chi connectivity index (χ3n) is 3.51. The first kappa shape index (κ1) is 17.0. The molecule has 1 heterocycles. The average molecular weight is 340 g/mol. The van der Waals surface area contributed by atoms with Gasteiger partial charge in [0.05, 0.1) is 17.3 Å². The summed E-state index contributed by atoms with van der Waals surface area (Å²) >= 11 is 0. The van der Waals surface area contributed by atoms with Gasteiger partial charge in [-0.2, -0.15) is 10.4 Å². The van der Waals surface area contributed by atoms with E-state index in [0.29, 0.717) is 17.2 Å². The predicted molar refractivity (Wildman–Crippen MR) is 101 cm³/mol. The van der Waals surface area contributed by atoms with E-state index in [1.807, 2.05) is 43.3 Å². The summed E-state index contributed by atoms with van der Waals surface area (Å²) in [5.74, 6) is 0.880. The maximum atomic E-state index is 8.95. The number of hydrogen-bond acceptors (Lipinski definition) is 5. The van der Waals surface area contributed by atoms with E-state index in [1.54, 1.807) is 36.5 Å². The van der Waals surface area contributed by atoms with E-state index >= 15 is 0 Å². The van der Waals surface area contributed by atoms with E-state index in [0.717, 1.165) is 11.3 Å². The number of azo groups is 1. The Kier molecular flexibility index (Phi) is 5.43. The van der Waals surface area contributed by atoms with Gasteiger partial charge in [-0.3, -0.25) is 5.43 Å². The Bertz CT molecular complexity index is 952. The van der Waals surface area contributed by atoms with Crippen LogP contribution in [0.2, 0.25) is 0 Å². The first-order valence-electron chi connectivity index (χ1n) is 7.98. The summed E-state index contributed by atoms with van der Waals surface area (Å²) in [6.07, 6.45) is 1.65. The second-order valence-corrected chi connectivity index (χ2v) is 5.49. The maximum absolute atomic E-state index is 8.95. The number of aromatic nitrogens is 1. The number of hydrazone groups is 1. The van der Waals surface area contributed by atoms with E-state index in [4.69, 9.17) is 5.26 Å². The van der Waals surface area contributed by atoms with Gasteiger partial charge in [-0.15, -0.1) is 10.2 Å². The molecular weight excluding hydrogens is 324 g/mol. The minimum absolute atomic E-state index is 0.390. The topological polar surface area (TPSA) is 85.8 Å². The standard InChI is InChI=1S/C20H16N6/c1-15-5-11-18(12-6-15)23-25-20(17-9-7-16(14-21)8-10-17)26-24-19-4-2-3-13-22-19/h2-13,23H,1H3/b25-20-,26-24?. The van der Waals surface area contributed by atoms with Crippen LogP contribution in [0.3, 0.4) is 0 Å². The zero-order valence-electron chi connectivity index (χ0n) is 14.2. The van der Waals surface area contributed by atoms with Gasteiger partial charge in [-0.05, 0) is 55.5 Å². The zero-order valence-corrected chi connectivity index (χ0v) is 14.2. The van der Waals surface area contributed by atoms with Gasteiger partial charge in [-0.1, -0.05) is 23.8 Å². The second kappa shape index (κ2) is 8.31. The molecule has 0 saturated carbocycles. The normalized spacial score (nSPS) is 11.3. The Morgan fingerprint density at radius 3 is 2.42 bits per heavy atom. The summed E-state index contributed by atoms with van der Waals surface area (Å²) in [4.78, 5) is 4.12. The van der Waals surface area contributed by atoms with Crippen LogP contribution >= 0.6 is 0 Å². The van der Waals surface area contributed by atoms with Crippen molar-refractivity contribution in [1.29, 1.82) is 5.26 Å². The molecule has 26 heavy (non-hydrogen) atoms. The number of aryl methyl sites for hydroxylation is 1. The Balaban J connectivity index is 1.89. The predicted octanol–water partition coefficient (Wildman–Crippen LogP) is 4.82. The largest absolute Gasteiger partial charge is 0.276 e. The zero-order chi connectivity index (χ0) is 18.2. The monoisotopic (exact) mass is 340 g/mol. The number of amidine groups is 1. The molecule has 3 rings (SSSR count). The van der Waals surface area contributed by atoms with Crippen molar-refractivity contribution in [3.05, 3.63) is 89.6 Å². The second-order valence-electron chi connectivity index (χ2n) is 5.49. The number of hydrogen-bond donors (Lipinski definition) is 1. The van der Waals surface area contributed by atoms with Crippen LogP contribution in [0.5, 0.6) is 0 Å². The van der Waals surface area contributed by atoms with Crippen LogP contribution in [-0.4, -0.2) is 10.8 Å². The van der Waals surface area contributed by atoms with Gasteiger partial charge in [0.1, 0.15) is 0 Å². The number of pyridine rings is 1. The van der Waals surface area contributed by atoms with Crippen LogP contribution in [0, 0.1) is 18.3 Å². The first-order valence-corrected chi connectivity index (χ1v) is 7.98. The molecule has 0 atom stereocenters. The highest BCUT2D eigenvalue weighted by atomic mass is 15.3. The maximum Gasteiger partial charge on any atom is 0.201 e. The van der Waals surface area contributed by atoms with Gasteiger partial charge < -0.3 is 0 Å². The van der Waals surface area contributed by atoms with E-state index in [9.17, 15) is 0 Å². The minimum atomic E-state index is 0.390. The van der Waals surface area contributed by atoms with Crippen molar-refractivity contribution < 1.29 is 0 Å². The summed E-state index contributed by atoms with van der Waals surface area (Å²) in [5, 5.41) is 21.7. The molecule has 1 N–H and O–H groups in total. The average Bonchev–Trinajstić information content (AvgIpc) is 2.70. The SMILES string of the molecule is Cc1ccc(N/N=C(\N=Nc2ccccn2)c2ccc(C#N)cc2)cc1. The molecule has 0 aliphatic carbocycles. The molecule has 3 aromatic rings. The fourth-order valence-electron chi connectivity index (χ4n) is 2.10. The Morgan fingerprint density at radius 2 is 1.77 bits per heavy atom. The lowest BCUT2D eigenvalue weighted by molar-refractivity contribution is 1.16. The van der Waals surface area contributed by atoms with Crippen LogP contribution < -0.4 is 5.43 Å². The highest BCUT2D eigenvalue weighted by Gasteiger charge is 2.04. The highest BCUT2D eigenvalue weighted by Crippen LogP contribution is 2.13. The van der Waals surface area contributed by atoms with Crippen molar-refractivity contribution in [2.75, 3.05) is 5.43 Å². The molecule has 1 aromatic heterocycles. The molecular formula is C20H16N6.